The highest BCUT2D eigenvalue weighted by Crippen LogP contribution is 2.29. The summed E-state index contributed by atoms with van der Waals surface area (Å²) in [5.41, 5.74) is 1.01. The Kier molecular flexibility index (Phi) is 8.22. The molecular weight excluding hydrogens is 362 g/mol. The number of carbonyl (C=O) groups excluding carboxylic acids is 2. The van der Waals surface area contributed by atoms with Gasteiger partial charge in [-0.25, -0.2) is 0 Å². The second-order valence-corrected chi connectivity index (χ2v) is 7.27. The molecule has 8 nitrogen and oxygen atoms in total. The summed E-state index contributed by atoms with van der Waals surface area (Å²) in [5, 5.41) is 14.0. The monoisotopic (exact) mass is 391 g/mol. The van der Waals surface area contributed by atoms with Crippen LogP contribution in [0.15, 0.2) is 18.2 Å². The lowest BCUT2D eigenvalue weighted by atomic mass is 9.98. The van der Waals surface area contributed by atoms with E-state index in [9.17, 15) is 19.7 Å². The first kappa shape index (κ1) is 21.7. The Bertz CT molecular complexity index is 699. The maximum absolute atomic E-state index is 12.7. The number of benzene rings is 1. The highest BCUT2D eigenvalue weighted by atomic mass is 16.6. The Labute approximate surface area is 165 Å². The van der Waals surface area contributed by atoms with Gasteiger partial charge in [-0.05, 0) is 37.7 Å². The number of rotatable bonds is 9. The molecule has 154 valence electrons. The second-order valence-electron chi connectivity index (χ2n) is 7.27. The summed E-state index contributed by atoms with van der Waals surface area (Å²) in [7, 11) is 1.36. The molecule has 0 saturated carbocycles. The van der Waals surface area contributed by atoms with Crippen LogP contribution >= 0.6 is 0 Å². The number of non-ortho nitro benzene ring substituents is 1. The average molecular weight is 391 g/mol. The number of anilines is 1. The highest BCUT2D eigenvalue weighted by molar-refractivity contribution is 6.00. The fourth-order valence-corrected chi connectivity index (χ4v) is 3.32. The molecular formula is C20H29N3O5. The van der Waals surface area contributed by atoms with E-state index in [1.165, 1.54) is 19.2 Å². The van der Waals surface area contributed by atoms with E-state index in [4.69, 9.17) is 0 Å². The number of ether oxygens (including phenoxy) is 1. The van der Waals surface area contributed by atoms with Crippen molar-refractivity contribution >= 4 is 23.3 Å². The third kappa shape index (κ3) is 6.21. The number of piperidine rings is 1. The Balaban J connectivity index is 1.98. The van der Waals surface area contributed by atoms with E-state index in [0.717, 1.165) is 44.5 Å². The molecule has 1 saturated heterocycles. The number of hydrogen-bond donors (Lipinski definition) is 1. The normalized spacial score (nSPS) is 14.6. The Morgan fingerprint density at radius 3 is 2.61 bits per heavy atom. The fourth-order valence-electron chi connectivity index (χ4n) is 3.32. The van der Waals surface area contributed by atoms with Gasteiger partial charge >= 0.3 is 5.97 Å². The number of carbonyl (C=O) groups is 2. The third-order valence-electron chi connectivity index (χ3n) is 5.13. The lowest BCUT2D eigenvalue weighted by Gasteiger charge is -2.33. The van der Waals surface area contributed by atoms with Gasteiger partial charge in [0.05, 0.1) is 23.3 Å². The lowest BCUT2D eigenvalue weighted by molar-refractivity contribution is -0.384. The molecule has 1 amide bonds. The van der Waals surface area contributed by atoms with Crippen molar-refractivity contribution in [2.75, 3.05) is 31.6 Å². The number of esters is 1. The second kappa shape index (κ2) is 10.6. The van der Waals surface area contributed by atoms with Gasteiger partial charge in [-0.15, -0.1) is 0 Å². The van der Waals surface area contributed by atoms with E-state index in [1.807, 2.05) is 0 Å². The Morgan fingerprint density at radius 2 is 1.96 bits per heavy atom. The Morgan fingerprint density at radius 1 is 1.25 bits per heavy atom. The van der Waals surface area contributed by atoms with Crippen molar-refractivity contribution in [2.24, 2.45) is 5.92 Å². The smallest absolute Gasteiger partial charge is 0.305 e. The molecule has 0 aliphatic carbocycles. The predicted molar refractivity (Wildman–Crippen MR) is 107 cm³/mol. The van der Waals surface area contributed by atoms with Crippen molar-refractivity contribution in [1.82, 2.24) is 5.32 Å². The van der Waals surface area contributed by atoms with Crippen LogP contribution in [-0.4, -0.2) is 43.5 Å². The SMILES string of the molecule is COC(=O)CCCCCNC(=O)c1cc([N+](=O)[O-])ccc1N1CCC(C)CC1. The molecule has 1 heterocycles. The topological polar surface area (TPSA) is 102 Å². The van der Waals surface area contributed by atoms with Crippen molar-refractivity contribution in [3.8, 4) is 0 Å². The summed E-state index contributed by atoms with van der Waals surface area (Å²) in [6, 6.07) is 4.50. The van der Waals surface area contributed by atoms with Gasteiger partial charge in [0.1, 0.15) is 0 Å². The third-order valence-corrected chi connectivity index (χ3v) is 5.13. The van der Waals surface area contributed by atoms with Crippen LogP contribution in [0.5, 0.6) is 0 Å². The van der Waals surface area contributed by atoms with Crippen molar-refractivity contribution < 1.29 is 19.2 Å². The fraction of sp³-hybridized carbons (Fsp3) is 0.600. The van der Waals surface area contributed by atoms with Crippen molar-refractivity contribution in [1.29, 1.82) is 0 Å². The molecule has 1 fully saturated rings. The number of methoxy groups -OCH3 is 1. The molecule has 1 aliphatic rings. The molecule has 0 spiro atoms. The van der Waals surface area contributed by atoms with Crippen LogP contribution in [0.1, 0.15) is 55.8 Å². The van der Waals surface area contributed by atoms with Gasteiger partial charge in [0.25, 0.3) is 11.6 Å². The summed E-state index contributed by atoms with van der Waals surface area (Å²) < 4.78 is 4.59. The molecule has 1 N–H and O–H groups in total. The summed E-state index contributed by atoms with van der Waals surface area (Å²) in [5.74, 6) is 0.114. The number of nitrogens with zero attached hydrogens (tertiary/aromatic N) is 2. The zero-order valence-corrected chi connectivity index (χ0v) is 16.6. The first-order chi connectivity index (χ1) is 13.4. The number of nitro benzene ring substituents is 1. The first-order valence-electron chi connectivity index (χ1n) is 9.80. The number of nitro groups is 1. The van der Waals surface area contributed by atoms with E-state index in [-0.39, 0.29) is 17.6 Å². The summed E-state index contributed by atoms with van der Waals surface area (Å²) in [4.78, 5) is 36.6. The Hall–Kier alpha value is -2.64. The van der Waals surface area contributed by atoms with E-state index < -0.39 is 4.92 Å². The highest BCUT2D eigenvalue weighted by Gasteiger charge is 2.23. The number of hydrogen-bond acceptors (Lipinski definition) is 6. The maximum Gasteiger partial charge on any atom is 0.305 e. The zero-order chi connectivity index (χ0) is 20.5. The summed E-state index contributed by atoms with van der Waals surface area (Å²) >= 11 is 0. The zero-order valence-electron chi connectivity index (χ0n) is 16.6. The molecule has 0 radical (unpaired) electrons. The van der Waals surface area contributed by atoms with E-state index >= 15 is 0 Å². The van der Waals surface area contributed by atoms with Gasteiger partial charge in [-0.2, -0.15) is 0 Å². The number of amides is 1. The number of unbranched alkanes of at least 4 members (excludes halogenated alkanes) is 2. The van der Waals surface area contributed by atoms with Gasteiger partial charge in [0.2, 0.25) is 0 Å². The maximum atomic E-state index is 12.7. The van der Waals surface area contributed by atoms with Crippen molar-refractivity contribution in [3.05, 3.63) is 33.9 Å². The minimum atomic E-state index is -0.481. The molecule has 0 atom stereocenters. The number of nitrogens with one attached hydrogen (secondary N) is 1. The molecule has 0 bridgehead atoms. The minimum Gasteiger partial charge on any atom is -0.469 e. The van der Waals surface area contributed by atoms with Crippen LogP contribution in [0.2, 0.25) is 0 Å². The van der Waals surface area contributed by atoms with Crippen molar-refractivity contribution in [2.45, 2.75) is 45.4 Å². The molecule has 8 heteroatoms. The van der Waals surface area contributed by atoms with E-state index in [1.54, 1.807) is 6.07 Å². The van der Waals surface area contributed by atoms with Crippen LogP contribution < -0.4 is 10.2 Å². The average Bonchev–Trinajstić information content (AvgIpc) is 2.70. The van der Waals surface area contributed by atoms with Crippen LogP contribution in [-0.2, 0) is 9.53 Å². The molecule has 1 aromatic carbocycles. The quantitative estimate of drug-likeness (QED) is 0.300. The van der Waals surface area contributed by atoms with Gasteiger partial charge in [-0.1, -0.05) is 13.3 Å². The van der Waals surface area contributed by atoms with Gasteiger partial charge in [-0.3, -0.25) is 19.7 Å². The van der Waals surface area contributed by atoms with Crippen molar-refractivity contribution in [3.63, 3.8) is 0 Å². The van der Waals surface area contributed by atoms with Crippen LogP contribution in [0.25, 0.3) is 0 Å². The molecule has 1 aromatic rings. The minimum absolute atomic E-state index is 0.0858. The molecule has 0 aromatic heterocycles. The van der Waals surface area contributed by atoms with E-state index in [2.05, 4.69) is 21.9 Å². The van der Waals surface area contributed by atoms with Crippen LogP contribution in [0, 0.1) is 16.0 Å². The molecule has 2 rings (SSSR count). The standard InChI is InChI=1S/C20H29N3O5/c1-15-9-12-22(13-10-15)18-8-7-16(23(26)27)14-17(18)20(25)21-11-5-3-4-6-19(24)28-2/h7-8,14-15H,3-6,9-13H2,1-2H3,(H,21,25). The molecule has 28 heavy (non-hydrogen) atoms. The largest absolute Gasteiger partial charge is 0.469 e. The predicted octanol–water partition coefficient (Wildman–Crippen LogP) is 3.29. The van der Waals surface area contributed by atoms with Crippen LogP contribution in [0.3, 0.4) is 0 Å². The van der Waals surface area contributed by atoms with Crippen LogP contribution in [0.4, 0.5) is 11.4 Å². The molecule has 0 unspecified atom stereocenters. The summed E-state index contributed by atoms with van der Waals surface area (Å²) in [6.45, 7) is 4.35. The first-order valence-corrected chi connectivity index (χ1v) is 9.80. The molecule has 1 aliphatic heterocycles. The lowest BCUT2D eigenvalue weighted by Crippen LogP contribution is -2.35. The van der Waals surface area contributed by atoms with Gasteiger partial charge in [0, 0.05) is 38.2 Å². The van der Waals surface area contributed by atoms with E-state index in [0.29, 0.717) is 30.9 Å². The van der Waals surface area contributed by atoms with Gasteiger partial charge in [0.15, 0.2) is 0 Å². The van der Waals surface area contributed by atoms with Gasteiger partial charge < -0.3 is 15.0 Å². The summed E-state index contributed by atoms with van der Waals surface area (Å²) in [6.07, 6.45) is 4.68.